The van der Waals surface area contributed by atoms with Crippen LogP contribution in [-0.4, -0.2) is 14.2 Å². The molecule has 0 N–H and O–H groups in total. The smallest absolute Gasteiger partial charge is 0.122 e. The lowest BCUT2D eigenvalue weighted by Gasteiger charge is -2.29. The van der Waals surface area contributed by atoms with E-state index in [2.05, 4.69) is 19.1 Å². The first-order chi connectivity index (χ1) is 8.24. The Morgan fingerprint density at radius 2 is 1.53 bits per heavy atom. The zero-order chi connectivity index (χ0) is 12.3. The highest BCUT2D eigenvalue weighted by Gasteiger charge is 2.23. The van der Waals surface area contributed by atoms with E-state index in [1.165, 1.54) is 31.2 Å². The fourth-order valence-corrected chi connectivity index (χ4v) is 2.85. The van der Waals surface area contributed by atoms with Crippen molar-refractivity contribution in [2.75, 3.05) is 14.2 Å². The normalized spacial score (nSPS) is 24.4. The molecular weight excluding hydrogens is 212 g/mol. The van der Waals surface area contributed by atoms with E-state index in [1.807, 2.05) is 6.07 Å². The summed E-state index contributed by atoms with van der Waals surface area (Å²) in [6.07, 6.45) is 5.34. The first kappa shape index (κ1) is 12.3. The van der Waals surface area contributed by atoms with Gasteiger partial charge in [-0.25, -0.2) is 0 Å². The Labute approximate surface area is 104 Å². The lowest BCUT2D eigenvalue weighted by atomic mass is 9.76. The Morgan fingerprint density at radius 3 is 2.06 bits per heavy atom. The van der Waals surface area contributed by atoms with Crippen LogP contribution in [0.15, 0.2) is 18.2 Å². The first-order valence-corrected chi connectivity index (χ1v) is 6.47. The maximum absolute atomic E-state index is 5.34. The predicted octanol–water partition coefficient (Wildman–Crippen LogP) is 4.00. The van der Waals surface area contributed by atoms with Gasteiger partial charge in [0.05, 0.1) is 14.2 Å². The molecule has 0 spiro atoms. The fourth-order valence-electron chi connectivity index (χ4n) is 2.85. The molecule has 1 aromatic carbocycles. The van der Waals surface area contributed by atoms with Gasteiger partial charge in [0.1, 0.15) is 11.5 Å². The van der Waals surface area contributed by atoms with Gasteiger partial charge in [-0.3, -0.25) is 0 Å². The van der Waals surface area contributed by atoms with E-state index in [9.17, 15) is 0 Å². The van der Waals surface area contributed by atoms with Gasteiger partial charge in [0.25, 0.3) is 0 Å². The fraction of sp³-hybridized carbons (Fsp3) is 0.600. The highest BCUT2D eigenvalue weighted by atomic mass is 16.5. The molecule has 0 amide bonds. The van der Waals surface area contributed by atoms with E-state index in [4.69, 9.17) is 9.47 Å². The Balaban J connectivity index is 2.29. The van der Waals surface area contributed by atoms with Crippen LogP contribution >= 0.6 is 0 Å². The second-order valence-corrected chi connectivity index (χ2v) is 5.01. The van der Waals surface area contributed by atoms with Gasteiger partial charge in [0.2, 0.25) is 0 Å². The molecule has 0 heterocycles. The monoisotopic (exact) mass is 234 g/mol. The number of hydrogen-bond donors (Lipinski definition) is 0. The third-order valence-corrected chi connectivity index (χ3v) is 3.91. The molecular formula is C15H22O2. The minimum atomic E-state index is 0.660. The van der Waals surface area contributed by atoms with Crippen LogP contribution in [0.4, 0.5) is 0 Å². The van der Waals surface area contributed by atoms with Gasteiger partial charge in [0, 0.05) is 6.07 Å². The van der Waals surface area contributed by atoms with E-state index in [1.54, 1.807) is 14.2 Å². The summed E-state index contributed by atoms with van der Waals surface area (Å²) in [6.45, 7) is 2.36. The van der Waals surface area contributed by atoms with Crippen LogP contribution in [0.1, 0.15) is 44.1 Å². The van der Waals surface area contributed by atoms with Crippen molar-refractivity contribution in [3.63, 3.8) is 0 Å². The van der Waals surface area contributed by atoms with E-state index in [0.29, 0.717) is 5.92 Å². The third-order valence-electron chi connectivity index (χ3n) is 3.91. The van der Waals surface area contributed by atoms with E-state index in [-0.39, 0.29) is 0 Å². The molecule has 0 radical (unpaired) electrons. The van der Waals surface area contributed by atoms with Crippen LogP contribution < -0.4 is 9.47 Å². The van der Waals surface area contributed by atoms with Crippen LogP contribution in [0.5, 0.6) is 11.5 Å². The maximum Gasteiger partial charge on any atom is 0.122 e. The van der Waals surface area contributed by atoms with E-state index < -0.39 is 0 Å². The minimum absolute atomic E-state index is 0.660. The summed E-state index contributed by atoms with van der Waals surface area (Å²) in [5.74, 6) is 3.22. The van der Waals surface area contributed by atoms with Crippen molar-refractivity contribution in [1.29, 1.82) is 0 Å². The van der Waals surface area contributed by atoms with Crippen LogP contribution in [0, 0.1) is 5.92 Å². The summed E-state index contributed by atoms with van der Waals surface area (Å²) in [5, 5.41) is 0. The van der Waals surface area contributed by atoms with E-state index >= 15 is 0 Å². The second-order valence-electron chi connectivity index (χ2n) is 5.01. The molecule has 1 aromatic rings. The molecule has 0 aromatic heterocycles. The lowest BCUT2D eigenvalue weighted by molar-refractivity contribution is 0.327. The summed E-state index contributed by atoms with van der Waals surface area (Å²) in [4.78, 5) is 0. The molecule has 2 rings (SSSR count). The van der Waals surface area contributed by atoms with Crippen molar-refractivity contribution in [3.05, 3.63) is 23.8 Å². The number of ether oxygens (including phenoxy) is 2. The first-order valence-electron chi connectivity index (χ1n) is 6.47. The largest absolute Gasteiger partial charge is 0.497 e. The molecule has 0 aliphatic heterocycles. The number of rotatable bonds is 3. The average molecular weight is 234 g/mol. The Bertz CT molecular complexity index is 351. The molecule has 2 heteroatoms. The van der Waals surface area contributed by atoms with Crippen molar-refractivity contribution < 1.29 is 9.47 Å². The zero-order valence-electron chi connectivity index (χ0n) is 11.0. The molecule has 2 nitrogen and oxygen atoms in total. The zero-order valence-corrected chi connectivity index (χ0v) is 11.0. The van der Waals surface area contributed by atoms with Crippen LogP contribution in [0.2, 0.25) is 0 Å². The highest BCUT2D eigenvalue weighted by Crippen LogP contribution is 2.39. The topological polar surface area (TPSA) is 18.5 Å². The third kappa shape index (κ3) is 2.74. The van der Waals surface area contributed by atoms with Gasteiger partial charge < -0.3 is 9.47 Å². The minimum Gasteiger partial charge on any atom is -0.497 e. The Kier molecular flexibility index (Phi) is 3.93. The van der Waals surface area contributed by atoms with Gasteiger partial charge >= 0.3 is 0 Å². The number of benzene rings is 1. The molecule has 17 heavy (non-hydrogen) atoms. The average Bonchev–Trinajstić information content (AvgIpc) is 2.38. The molecule has 2 atom stereocenters. The van der Waals surface area contributed by atoms with Crippen LogP contribution in [0.3, 0.4) is 0 Å². The number of hydrogen-bond acceptors (Lipinski definition) is 2. The molecule has 94 valence electrons. The summed E-state index contributed by atoms with van der Waals surface area (Å²) < 4.78 is 10.7. The van der Waals surface area contributed by atoms with Gasteiger partial charge in [-0.05, 0) is 36.0 Å². The summed E-state index contributed by atoms with van der Waals surface area (Å²) in [6, 6.07) is 6.26. The molecule has 0 saturated heterocycles. The highest BCUT2D eigenvalue weighted by molar-refractivity contribution is 5.40. The van der Waals surface area contributed by atoms with Crippen molar-refractivity contribution in [3.8, 4) is 11.5 Å². The SMILES string of the molecule is COc1cc(OC)cc([C@H]2CCCC[C@@H]2C)c1. The van der Waals surface area contributed by atoms with Crippen molar-refractivity contribution in [1.82, 2.24) is 0 Å². The molecule has 1 saturated carbocycles. The van der Waals surface area contributed by atoms with Crippen LogP contribution in [0.25, 0.3) is 0 Å². The lowest BCUT2D eigenvalue weighted by Crippen LogP contribution is -2.14. The standard InChI is InChI=1S/C15H22O2/c1-11-6-4-5-7-15(11)12-8-13(16-2)10-14(9-12)17-3/h8-11,15H,4-7H2,1-3H3/t11-,15-/m0/s1. The second kappa shape index (κ2) is 5.44. The van der Waals surface area contributed by atoms with Crippen molar-refractivity contribution >= 4 is 0 Å². The van der Waals surface area contributed by atoms with Gasteiger partial charge in [-0.15, -0.1) is 0 Å². The molecule has 1 aliphatic rings. The Hall–Kier alpha value is -1.18. The molecule has 0 bridgehead atoms. The van der Waals surface area contributed by atoms with E-state index in [0.717, 1.165) is 17.4 Å². The summed E-state index contributed by atoms with van der Waals surface area (Å²) in [7, 11) is 3.42. The molecule has 0 unspecified atom stereocenters. The van der Waals surface area contributed by atoms with Gasteiger partial charge in [0.15, 0.2) is 0 Å². The van der Waals surface area contributed by atoms with Crippen LogP contribution in [-0.2, 0) is 0 Å². The van der Waals surface area contributed by atoms with Gasteiger partial charge in [-0.2, -0.15) is 0 Å². The quantitative estimate of drug-likeness (QED) is 0.787. The number of methoxy groups -OCH3 is 2. The summed E-state index contributed by atoms with van der Waals surface area (Å²) in [5.41, 5.74) is 1.37. The Morgan fingerprint density at radius 1 is 0.941 bits per heavy atom. The molecule has 1 fully saturated rings. The predicted molar refractivity (Wildman–Crippen MR) is 69.9 cm³/mol. The van der Waals surface area contributed by atoms with Crippen molar-refractivity contribution in [2.45, 2.75) is 38.5 Å². The maximum atomic E-state index is 5.34. The molecule has 1 aliphatic carbocycles. The van der Waals surface area contributed by atoms with Crippen molar-refractivity contribution in [2.24, 2.45) is 5.92 Å². The summed E-state index contributed by atoms with van der Waals surface area (Å²) >= 11 is 0. The van der Waals surface area contributed by atoms with Gasteiger partial charge in [-0.1, -0.05) is 26.2 Å².